The third-order valence-corrected chi connectivity index (χ3v) is 3.72. The summed E-state index contributed by atoms with van der Waals surface area (Å²) >= 11 is 0. The molecule has 2 heteroatoms. The number of hydrogen-bond donors (Lipinski definition) is 1. The molecule has 2 atom stereocenters. The second kappa shape index (κ2) is 4.36. The van der Waals surface area contributed by atoms with Crippen molar-refractivity contribution in [1.82, 2.24) is 0 Å². The quantitative estimate of drug-likeness (QED) is 0.771. The summed E-state index contributed by atoms with van der Waals surface area (Å²) in [5.41, 5.74) is 9.54. The first-order valence-electron chi connectivity index (χ1n) is 6.28. The molecule has 2 nitrogen and oxygen atoms in total. The van der Waals surface area contributed by atoms with Crippen molar-refractivity contribution in [3.63, 3.8) is 0 Å². The third-order valence-electron chi connectivity index (χ3n) is 3.72. The van der Waals surface area contributed by atoms with Crippen molar-refractivity contribution < 1.29 is 0 Å². The largest absolute Gasteiger partial charge is 0.397 e. The highest BCUT2D eigenvalue weighted by Gasteiger charge is 2.30. The van der Waals surface area contributed by atoms with E-state index in [1.54, 1.807) is 0 Å². The molecule has 1 aromatic rings. The predicted molar refractivity (Wildman–Crippen MR) is 70.8 cm³/mol. The van der Waals surface area contributed by atoms with Crippen LogP contribution in [0.1, 0.15) is 38.7 Å². The lowest BCUT2D eigenvalue weighted by Gasteiger charge is -2.31. The maximum absolute atomic E-state index is 6.11. The van der Waals surface area contributed by atoms with Crippen molar-refractivity contribution in [2.45, 2.75) is 52.1 Å². The van der Waals surface area contributed by atoms with Crippen LogP contribution >= 0.6 is 0 Å². The molecular weight excluding hydrogens is 196 g/mol. The van der Waals surface area contributed by atoms with Gasteiger partial charge in [0.1, 0.15) is 0 Å². The Morgan fingerprint density at radius 1 is 1.38 bits per heavy atom. The Bertz CT molecular complexity index is 373. The van der Waals surface area contributed by atoms with Crippen LogP contribution < -0.4 is 10.6 Å². The molecule has 1 saturated heterocycles. The molecule has 1 aromatic carbocycles. The molecule has 0 aromatic heterocycles. The van der Waals surface area contributed by atoms with Crippen molar-refractivity contribution in [1.29, 1.82) is 0 Å². The normalized spacial score (nSPS) is 25.1. The summed E-state index contributed by atoms with van der Waals surface area (Å²) in [5, 5.41) is 0. The monoisotopic (exact) mass is 218 g/mol. The average molecular weight is 218 g/mol. The third kappa shape index (κ3) is 1.89. The smallest absolute Gasteiger partial charge is 0.0607 e. The molecule has 16 heavy (non-hydrogen) atoms. The van der Waals surface area contributed by atoms with Crippen LogP contribution in [-0.4, -0.2) is 12.1 Å². The van der Waals surface area contributed by atoms with Gasteiger partial charge in [0.15, 0.2) is 0 Å². The highest BCUT2D eigenvalue weighted by molar-refractivity contribution is 5.69. The molecule has 0 aliphatic carbocycles. The molecule has 2 N–H and O–H groups in total. The van der Waals surface area contributed by atoms with Gasteiger partial charge >= 0.3 is 0 Å². The summed E-state index contributed by atoms with van der Waals surface area (Å²) in [7, 11) is 0. The Labute approximate surface area is 98.4 Å². The summed E-state index contributed by atoms with van der Waals surface area (Å²) < 4.78 is 0. The van der Waals surface area contributed by atoms with E-state index in [0.717, 1.165) is 5.69 Å². The van der Waals surface area contributed by atoms with Crippen molar-refractivity contribution >= 4 is 11.4 Å². The maximum atomic E-state index is 6.11. The molecule has 2 rings (SSSR count). The van der Waals surface area contributed by atoms with Crippen LogP contribution in [-0.2, 0) is 0 Å². The first-order valence-corrected chi connectivity index (χ1v) is 6.28. The number of rotatable bonds is 2. The Kier molecular flexibility index (Phi) is 3.08. The number of benzene rings is 1. The summed E-state index contributed by atoms with van der Waals surface area (Å²) in [6.07, 6.45) is 3.79. The van der Waals surface area contributed by atoms with Crippen molar-refractivity contribution in [3.8, 4) is 0 Å². The van der Waals surface area contributed by atoms with E-state index in [4.69, 9.17) is 5.73 Å². The lowest BCUT2D eigenvalue weighted by atomic mass is 10.1. The van der Waals surface area contributed by atoms with Crippen LogP contribution in [0, 0.1) is 6.92 Å². The van der Waals surface area contributed by atoms with Crippen LogP contribution in [0.4, 0.5) is 11.4 Å². The van der Waals surface area contributed by atoms with Gasteiger partial charge in [-0.15, -0.1) is 0 Å². The zero-order chi connectivity index (χ0) is 11.7. The molecule has 0 radical (unpaired) electrons. The molecule has 0 spiro atoms. The summed E-state index contributed by atoms with van der Waals surface area (Å²) in [5.74, 6) is 0. The first kappa shape index (κ1) is 11.3. The fraction of sp³-hybridized carbons (Fsp3) is 0.571. The number of nitrogens with zero attached hydrogens (tertiary/aromatic N) is 1. The van der Waals surface area contributed by atoms with Gasteiger partial charge in [-0.05, 0) is 50.8 Å². The van der Waals surface area contributed by atoms with E-state index < -0.39 is 0 Å². The molecule has 1 heterocycles. The van der Waals surface area contributed by atoms with E-state index in [1.165, 1.54) is 30.5 Å². The number of nitrogens with two attached hydrogens (primary N) is 1. The van der Waals surface area contributed by atoms with Gasteiger partial charge in [-0.1, -0.05) is 13.0 Å². The van der Waals surface area contributed by atoms with E-state index in [2.05, 4.69) is 37.8 Å². The first-order chi connectivity index (χ1) is 7.63. The van der Waals surface area contributed by atoms with Gasteiger partial charge in [0.2, 0.25) is 0 Å². The van der Waals surface area contributed by atoms with Gasteiger partial charge < -0.3 is 10.6 Å². The fourth-order valence-electron chi connectivity index (χ4n) is 2.78. The highest BCUT2D eigenvalue weighted by Crippen LogP contribution is 2.35. The SMILES string of the molecule is CCC1CCC(C)N1c1cc(C)ccc1N. The predicted octanol–water partition coefficient (Wildman–Crippen LogP) is 3.34. The molecule has 0 saturated carbocycles. The number of aryl methyl sites for hydroxylation is 1. The standard InChI is InChI=1S/C14H22N2/c1-4-12-7-6-11(3)16(12)14-9-10(2)5-8-13(14)15/h5,8-9,11-12H,4,6-7,15H2,1-3H3. The van der Waals surface area contributed by atoms with Gasteiger partial charge in [-0.3, -0.25) is 0 Å². The van der Waals surface area contributed by atoms with E-state index in [1.807, 2.05) is 6.07 Å². The Morgan fingerprint density at radius 3 is 2.81 bits per heavy atom. The Morgan fingerprint density at radius 2 is 2.12 bits per heavy atom. The molecule has 88 valence electrons. The minimum Gasteiger partial charge on any atom is -0.397 e. The van der Waals surface area contributed by atoms with Crippen LogP contribution in [0.15, 0.2) is 18.2 Å². The van der Waals surface area contributed by atoms with Crippen LogP contribution in [0.25, 0.3) is 0 Å². The molecule has 1 aliphatic rings. The molecule has 0 bridgehead atoms. The van der Waals surface area contributed by atoms with Crippen molar-refractivity contribution in [2.24, 2.45) is 0 Å². The lowest BCUT2D eigenvalue weighted by Crippen LogP contribution is -2.34. The van der Waals surface area contributed by atoms with Crippen molar-refractivity contribution in [3.05, 3.63) is 23.8 Å². The minimum atomic E-state index is 0.619. The number of nitrogen functional groups attached to an aromatic ring is 1. The van der Waals surface area contributed by atoms with E-state index in [0.29, 0.717) is 12.1 Å². The maximum Gasteiger partial charge on any atom is 0.0607 e. The van der Waals surface area contributed by atoms with Crippen LogP contribution in [0.2, 0.25) is 0 Å². The van der Waals surface area contributed by atoms with E-state index in [-0.39, 0.29) is 0 Å². The number of anilines is 2. The summed E-state index contributed by atoms with van der Waals surface area (Å²) in [4.78, 5) is 2.52. The average Bonchev–Trinajstić information content (AvgIpc) is 2.63. The number of hydrogen-bond acceptors (Lipinski definition) is 2. The van der Waals surface area contributed by atoms with E-state index in [9.17, 15) is 0 Å². The summed E-state index contributed by atoms with van der Waals surface area (Å²) in [6, 6.07) is 7.62. The fourth-order valence-corrected chi connectivity index (χ4v) is 2.78. The molecule has 2 unspecified atom stereocenters. The second-order valence-electron chi connectivity index (χ2n) is 4.96. The lowest BCUT2D eigenvalue weighted by molar-refractivity contribution is 0.628. The minimum absolute atomic E-state index is 0.619. The van der Waals surface area contributed by atoms with Crippen molar-refractivity contribution in [2.75, 3.05) is 10.6 Å². The zero-order valence-electron chi connectivity index (χ0n) is 10.5. The van der Waals surface area contributed by atoms with Gasteiger partial charge in [0, 0.05) is 12.1 Å². The van der Waals surface area contributed by atoms with Crippen LogP contribution in [0.3, 0.4) is 0 Å². The van der Waals surface area contributed by atoms with E-state index >= 15 is 0 Å². The molecule has 1 aliphatic heterocycles. The van der Waals surface area contributed by atoms with Gasteiger partial charge in [-0.2, -0.15) is 0 Å². The molecular formula is C14H22N2. The molecule has 1 fully saturated rings. The van der Waals surface area contributed by atoms with Gasteiger partial charge in [0.25, 0.3) is 0 Å². The van der Waals surface area contributed by atoms with Gasteiger partial charge in [-0.25, -0.2) is 0 Å². The Hall–Kier alpha value is -1.18. The second-order valence-corrected chi connectivity index (χ2v) is 4.96. The van der Waals surface area contributed by atoms with Gasteiger partial charge in [0.05, 0.1) is 11.4 Å². The summed E-state index contributed by atoms with van der Waals surface area (Å²) in [6.45, 7) is 6.70. The molecule has 0 amide bonds. The Balaban J connectivity index is 2.37. The highest BCUT2D eigenvalue weighted by atomic mass is 15.2. The topological polar surface area (TPSA) is 29.3 Å². The van der Waals surface area contributed by atoms with Crippen LogP contribution in [0.5, 0.6) is 0 Å². The zero-order valence-corrected chi connectivity index (χ0v) is 10.5.